The first kappa shape index (κ1) is 19.1. The molecule has 0 radical (unpaired) electrons. The Bertz CT molecular complexity index is 910. The number of nitrogens with zero attached hydrogens (tertiary/aromatic N) is 6. The zero-order chi connectivity index (χ0) is 20.1. The van der Waals surface area contributed by atoms with E-state index in [1.807, 2.05) is 41.3 Å². The van der Waals surface area contributed by atoms with E-state index >= 15 is 0 Å². The van der Waals surface area contributed by atoms with Crippen molar-refractivity contribution < 1.29 is 0 Å². The van der Waals surface area contributed by atoms with Crippen LogP contribution in [0, 0.1) is 0 Å². The molecule has 150 valence electrons. The van der Waals surface area contributed by atoms with Crippen LogP contribution in [0.2, 0.25) is 0 Å². The van der Waals surface area contributed by atoms with E-state index in [9.17, 15) is 0 Å². The second-order valence-corrected chi connectivity index (χ2v) is 7.12. The van der Waals surface area contributed by atoms with Crippen molar-refractivity contribution in [2.24, 2.45) is 0 Å². The number of nitrogens with two attached hydrogens (primary N) is 1. The lowest BCUT2D eigenvalue weighted by Gasteiger charge is -2.33. The molecule has 4 rings (SSSR count). The summed E-state index contributed by atoms with van der Waals surface area (Å²) in [6, 6.07) is 16.0. The molecule has 1 aliphatic heterocycles. The number of piperazine rings is 1. The van der Waals surface area contributed by atoms with Crippen LogP contribution in [0.3, 0.4) is 0 Å². The molecule has 0 spiro atoms. The van der Waals surface area contributed by atoms with Gasteiger partial charge in [-0.1, -0.05) is 36.4 Å². The number of nitrogens with one attached hydrogen (secondary N) is 1. The highest BCUT2D eigenvalue weighted by Gasteiger charge is 2.20. The van der Waals surface area contributed by atoms with Crippen molar-refractivity contribution in [1.29, 1.82) is 0 Å². The van der Waals surface area contributed by atoms with Crippen LogP contribution in [0.4, 0.5) is 23.1 Å². The fourth-order valence-electron chi connectivity index (χ4n) is 3.30. The Morgan fingerprint density at radius 1 is 0.966 bits per heavy atom. The molecule has 3 aromatic rings. The van der Waals surface area contributed by atoms with Crippen molar-refractivity contribution in [2.75, 3.05) is 49.3 Å². The van der Waals surface area contributed by atoms with Gasteiger partial charge in [0, 0.05) is 32.4 Å². The third-order valence-electron chi connectivity index (χ3n) is 5.00. The summed E-state index contributed by atoms with van der Waals surface area (Å²) in [6.07, 6.45) is 3.32. The largest absolute Gasteiger partial charge is 0.393 e. The molecule has 3 N–H and O–H groups in total. The van der Waals surface area contributed by atoms with Crippen LogP contribution in [-0.4, -0.2) is 58.1 Å². The maximum Gasteiger partial charge on any atom is 0.169 e. The van der Waals surface area contributed by atoms with Crippen molar-refractivity contribution in [1.82, 2.24) is 24.9 Å². The molecule has 1 saturated heterocycles. The number of pyridine rings is 1. The van der Waals surface area contributed by atoms with Gasteiger partial charge in [-0.15, -0.1) is 0 Å². The standard InChI is InChI=1S/C21H26N8/c1-27-11-13-28(14-12-27)26-20-19(22)21(25-16-24-20)29(18-9-5-6-10-23-18)15-17-7-3-2-4-8-17/h2-10,16H,11-15,22H2,1H3,(H,24,25,26). The number of hydrogen-bond donors (Lipinski definition) is 2. The van der Waals surface area contributed by atoms with Gasteiger partial charge < -0.3 is 21.0 Å². The molecular formula is C21H26N8. The molecule has 3 heterocycles. The van der Waals surface area contributed by atoms with Crippen molar-refractivity contribution in [3.63, 3.8) is 0 Å². The minimum atomic E-state index is 0.507. The van der Waals surface area contributed by atoms with E-state index in [1.54, 1.807) is 12.5 Å². The van der Waals surface area contributed by atoms with Gasteiger partial charge in [0.1, 0.15) is 17.8 Å². The smallest absolute Gasteiger partial charge is 0.169 e. The number of likely N-dealkylation sites (N-methyl/N-ethyl adjacent to an activating group) is 1. The van der Waals surface area contributed by atoms with E-state index < -0.39 is 0 Å². The summed E-state index contributed by atoms with van der Waals surface area (Å²) >= 11 is 0. The molecular weight excluding hydrogens is 364 g/mol. The molecule has 2 aromatic heterocycles. The number of rotatable bonds is 6. The van der Waals surface area contributed by atoms with Crippen molar-refractivity contribution in [3.05, 3.63) is 66.6 Å². The van der Waals surface area contributed by atoms with Gasteiger partial charge in [0.2, 0.25) is 0 Å². The number of benzene rings is 1. The number of hydrogen-bond acceptors (Lipinski definition) is 8. The minimum absolute atomic E-state index is 0.507. The Hall–Kier alpha value is -3.23. The van der Waals surface area contributed by atoms with Crippen LogP contribution in [0.5, 0.6) is 0 Å². The zero-order valence-corrected chi connectivity index (χ0v) is 16.6. The molecule has 1 aliphatic rings. The van der Waals surface area contributed by atoms with E-state index in [4.69, 9.17) is 5.73 Å². The Kier molecular flexibility index (Phi) is 5.83. The first-order chi connectivity index (χ1) is 14.2. The second-order valence-electron chi connectivity index (χ2n) is 7.12. The average Bonchev–Trinajstić information content (AvgIpc) is 2.77. The highest BCUT2D eigenvalue weighted by atomic mass is 15.5. The summed E-state index contributed by atoms with van der Waals surface area (Å²) in [6.45, 7) is 4.41. The molecule has 0 saturated carbocycles. The third-order valence-corrected chi connectivity index (χ3v) is 5.00. The summed E-state index contributed by atoms with van der Waals surface area (Å²) in [7, 11) is 2.13. The summed E-state index contributed by atoms with van der Waals surface area (Å²) in [4.78, 5) is 17.7. The van der Waals surface area contributed by atoms with Crippen molar-refractivity contribution >= 4 is 23.1 Å². The molecule has 0 aliphatic carbocycles. The quantitative estimate of drug-likeness (QED) is 0.663. The van der Waals surface area contributed by atoms with Gasteiger partial charge in [-0.25, -0.2) is 20.0 Å². The van der Waals surface area contributed by atoms with Gasteiger partial charge in [0.15, 0.2) is 11.6 Å². The SMILES string of the molecule is CN1CCN(Nc2ncnc(N(Cc3ccccc3)c3ccccn3)c2N)CC1. The van der Waals surface area contributed by atoms with E-state index in [1.165, 1.54) is 0 Å². The normalized spacial score (nSPS) is 15.2. The molecule has 0 atom stereocenters. The summed E-state index contributed by atoms with van der Waals surface area (Å²) in [5.74, 6) is 2.04. The lowest BCUT2D eigenvalue weighted by molar-refractivity contribution is 0.178. The summed E-state index contributed by atoms with van der Waals surface area (Å²) < 4.78 is 0. The zero-order valence-electron chi connectivity index (χ0n) is 16.6. The lowest BCUT2D eigenvalue weighted by Crippen LogP contribution is -2.47. The van der Waals surface area contributed by atoms with Gasteiger partial charge in [0.05, 0.1) is 6.54 Å². The predicted molar refractivity (Wildman–Crippen MR) is 116 cm³/mol. The molecule has 0 amide bonds. The van der Waals surface area contributed by atoms with Crippen LogP contribution >= 0.6 is 0 Å². The summed E-state index contributed by atoms with van der Waals surface area (Å²) in [5, 5.41) is 2.14. The Morgan fingerprint density at radius 3 is 2.45 bits per heavy atom. The number of anilines is 4. The Labute approximate surface area is 171 Å². The van der Waals surface area contributed by atoms with Gasteiger partial charge in [-0.3, -0.25) is 0 Å². The van der Waals surface area contributed by atoms with Crippen LogP contribution in [0.25, 0.3) is 0 Å². The van der Waals surface area contributed by atoms with E-state index in [-0.39, 0.29) is 0 Å². The van der Waals surface area contributed by atoms with E-state index in [0.29, 0.717) is 23.9 Å². The van der Waals surface area contributed by atoms with E-state index in [0.717, 1.165) is 37.6 Å². The maximum atomic E-state index is 6.53. The maximum absolute atomic E-state index is 6.53. The van der Waals surface area contributed by atoms with Gasteiger partial charge in [-0.05, 0) is 24.7 Å². The van der Waals surface area contributed by atoms with Crippen molar-refractivity contribution in [3.8, 4) is 0 Å². The number of hydrazine groups is 1. The van der Waals surface area contributed by atoms with Crippen molar-refractivity contribution in [2.45, 2.75) is 6.54 Å². The molecule has 8 nitrogen and oxygen atoms in total. The monoisotopic (exact) mass is 390 g/mol. The van der Waals surface area contributed by atoms with Crippen LogP contribution in [0.1, 0.15) is 5.56 Å². The molecule has 1 aromatic carbocycles. The van der Waals surface area contributed by atoms with Gasteiger partial charge >= 0.3 is 0 Å². The molecule has 8 heteroatoms. The summed E-state index contributed by atoms with van der Waals surface area (Å²) in [5.41, 5.74) is 11.5. The van der Waals surface area contributed by atoms with Gasteiger partial charge in [0.25, 0.3) is 0 Å². The Morgan fingerprint density at radius 2 is 1.72 bits per heavy atom. The number of aromatic nitrogens is 3. The highest BCUT2D eigenvalue weighted by Crippen LogP contribution is 2.32. The molecule has 0 bridgehead atoms. The van der Waals surface area contributed by atoms with Crippen LogP contribution in [0.15, 0.2) is 61.1 Å². The Balaban J connectivity index is 1.63. The minimum Gasteiger partial charge on any atom is -0.393 e. The van der Waals surface area contributed by atoms with E-state index in [2.05, 4.69) is 49.5 Å². The highest BCUT2D eigenvalue weighted by molar-refractivity contribution is 5.78. The molecule has 29 heavy (non-hydrogen) atoms. The number of nitrogen functional groups attached to an aromatic ring is 1. The topological polar surface area (TPSA) is 86.4 Å². The van der Waals surface area contributed by atoms with Gasteiger partial charge in [-0.2, -0.15) is 0 Å². The molecule has 1 fully saturated rings. The molecule has 0 unspecified atom stereocenters. The predicted octanol–water partition coefficient (Wildman–Crippen LogP) is 2.37. The average molecular weight is 390 g/mol. The fraction of sp³-hybridized carbons (Fsp3) is 0.286. The fourth-order valence-corrected chi connectivity index (χ4v) is 3.30. The lowest BCUT2D eigenvalue weighted by atomic mass is 10.2. The first-order valence-electron chi connectivity index (χ1n) is 9.74. The first-order valence-corrected chi connectivity index (χ1v) is 9.74. The second kappa shape index (κ2) is 8.85. The van der Waals surface area contributed by atoms with Crippen LogP contribution in [-0.2, 0) is 6.54 Å². The van der Waals surface area contributed by atoms with Crippen LogP contribution < -0.4 is 16.1 Å². The third kappa shape index (κ3) is 4.61.